The van der Waals surface area contributed by atoms with Gasteiger partial charge in [-0.2, -0.15) is 0 Å². The average Bonchev–Trinajstić information content (AvgIpc) is 2.93. The van der Waals surface area contributed by atoms with Crippen LogP contribution in [-0.2, 0) is 14.8 Å². The molecule has 1 saturated heterocycles. The highest BCUT2D eigenvalue weighted by atomic mass is 32.2. The number of hydrogen-bond acceptors (Lipinski definition) is 6. The van der Waals surface area contributed by atoms with Gasteiger partial charge in [0.1, 0.15) is 11.3 Å². The Hall–Kier alpha value is -3.89. The van der Waals surface area contributed by atoms with Gasteiger partial charge < -0.3 is 20.7 Å². The zero-order valence-corrected chi connectivity index (χ0v) is 22.9. The summed E-state index contributed by atoms with van der Waals surface area (Å²) in [6, 6.07) is 21.3. The summed E-state index contributed by atoms with van der Waals surface area (Å²) < 4.78 is 34.6. The first-order valence-corrected chi connectivity index (χ1v) is 14.4. The van der Waals surface area contributed by atoms with E-state index in [9.17, 15) is 18.0 Å². The van der Waals surface area contributed by atoms with Crippen LogP contribution in [0.25, 0.3) is 0 Å². The summed E-state index contributed by atoms with van der Waals surface area (Å²) in [6.07, 6.45) is 2.01. The summed E-state index contributed by atoms with van der Waals surface area (Å²) >= 11 is 0. The molecule has 9 nitrogen and oxygen atoms in total. The molecule has 4 N–H and O–H groups in total. The number of amides is 2. The third kappa shape index (κ3) is 7.58. The number of anilines is 1. The summed E-state index contributed by atoms with van der Waals surface area (Å²) in [6.45, 7) is 5.73. The Kier molecular flexibility index (Phi) is 8.88. The molecule has 0 radical (unpaired) electrons. The van der Waals surface area contributed by atoms with Crippen molar-refractivity contribution >= 4 is 27.5 Å². The zero-order chi connectivity index (χ0) is 27.9. The molecule has 0 aromatic heterocycles. The van der Waals surface area contributed by atoms with Gasteiger partial charge in [0.2, 0.25) is 5.91 Å². The van der Waals surface area contributed by atoms with E-state index in [1.165, 1.54) is 24.3 Å². The third-order valence-corrected chi connectivity index (χ3v) is 7.91. The fourth-order valence-corrected chi connectivity index (χ4v) is 5.27. The van der Waals surface area contributed by atoms with Gasteiger partial charge in [0.05, 0.1) is 10.6 Å². The smallest absolute Gasteiger partial charge is 0.262 e. The number of carbonyl (C=O) groups is 2. The van der Waals surface area contributed by atoms with Crippen molar-refractivity contribution in [2.75, 3.05) is 24.4 Å². The summed E-state index contributed by atoms with van der Waals surface area (Å²) in [5.41, 5.74) is -0.625. The molecule has 4 rings (SSSR count). The van der Waals surface area contributed by atoms with Crippen LogP contribution in [0, 0.1) is 5.92 Å². The number of piperidine rings is 1. The molecule has 0 atom stereocenters. The molecule has 1 fully saturated rings. The van der Waals surface area contributed by atoms with Crippen LogP contribution < -0.4 is 25.4 Å². The van der Waals surface area contributed by atoms with Gasteiger partial charge in [-0.05, 0) is 94.2 Å². The van der Waals surface area contributed by atoms with E-state index in [-0.39, 0.29) is 22.1 Å². The van der Waals surface area contributed by atoms with Gasteiger partial charge >= 0.3 is 0 Å². The van der Waals surface area contributed by atoms with Gasteiger partial charge in [0.25, 0.3) is 15.9 Å². The molecule has 0 bridgehead atoms. The summed E-state index contributed by atoms with van der Waals surface area (Å²) in [5.74, 6) is 0.595. The highest BCUT2D eigenvalue weighted by molar-refractivity contribution is 7.92. The monoisotopic (exact) mass is 550 g/mol. The van der Waals surface area contributed by atoms with Crippen LogP contribution in [0.1, 0.15) is 37.0 Å². The summed E-state index contributed by atoms with van der Waals surface area (Å²) in [4.78, 5) is 25.6. The maximum Gasteiger partial charge on any atom is 0.262 e. The molecule has 1 aliphatic heterocycles. The topological polar surface area (TPSA) is 126 Å². The lowest BCUT2D eigenvalue weighted by Gasteiger charge is -2.28. The molecule has 0 saturated carbocycles. The molecule has 1 aliphatic rings. The zero-order valence-electron chi connectivity index (χ0n) is 22.1. The number of ether oxygens (including phenoxy) is 1. The van der Waals surface area contributed by atoms with Gasteiger partial charge in [0, 0.05) is 12.1 Å². The summed E-state index contributed by atoms with van der Waals surface area (Å²) in [7, 11) is -3.97. The normalized spacial score (nSPS) is 14.3. The van der Waals surface area contributed by atoms with E-state index >= 15 is 0 Å². The van der Waals surface area contributed by atoms with Crippen LogP contribution in [0.15, 0.2) is 83.8 Å². The number of hydrogen-bond donors (Lipinski definition) is 4. The van der Waals surface area contributed by atoms with E-state index < -0.39 is 21.5 Å². The Balaban J connectivity index is 1.38. The molecule has 0 spiro atoms. The van der Waals surface area contributed by atoms with Gasteiger partial charge in [-0.1, -0.05) is 30.3 Å². The van der Waals surface area contributed by atoms with E-state index in [4.69, 9.17) is 4.74 Å². The van der Waals surface area contributed by atoms with Crippen LogP contribution in [0.3, 0.4) is 0 Å². The second kappa shape index (κ2) is 12.3. The lowest BCUT2D eigenvalue weighted by atomic mass is 9.97. The standard InChI is InChI=1S/C29H34N4O5S/c1-29(2,28(35)31-20-21-16-18-30-19-17-21)32-27(34)22-12-14-24(15-13-22)39(36,37)33-25-10-6-7-11-26(25)38-23-8-4-3-5-9-23/h3-15,21,30,33H,16-20H2,1-2H3,(H,31,35)(H,32,34). The molecule has 10 heteroatoms. The molecule has 0 aliphatic carbocycles. The minimum absolute atomic E-state index is 0.0208. The van der Waals surface area contributed by atoms with Crippen molar-refractivity contribution in [3.8, 4) is 11.5 Å². The first-order chi connectivity index (χ1) is 18.6. The quantitative estimate of drug-likeness (QED) is 0.303. The predicted molar refractivity (Wildman–Crippen MR) is 150 cm³/mol. The van der Waals surface area contributed by atoms with E-state index in [0.29, 0.717) is 24.0 Å². The van der Waals surface area contributed by atoms with Gasteiger partial charge in [-0.25, -0.2) is 8.42 Å². The van der Waals surface area contributed by atoms with Gasteiger partial charge in [-0.15, -0.1) is 0 Å². The molecular formula is C29H34N4O5S. The number of para-hydroxylation sites is 3. The van der Waals surface area contributed by atoms with Crippen LogP contribution >= 0.6 is 0 Å². The molecule has 3 aromatic carbocycles. The molecule has 0 unspecified atom stereocenters. The lowest BCUT2D eigenvalue weighted by Crippen LogP contribution is -2.55. The van der Waals surface area contributed by atoms with E-state index in [0.717, 1.165) is 25.9 Å². The maximum absolute atomic E-state index is 13.1. The lowest BCUT2D eigenvalue weighted by molar-refractivity contribution is -0.126. The highest BCUT2D eigenvalue weighted by Gasteiger charge is 2.30. The van der Waals surface area contributed by atoms with Crippen LogP contribution in [-0.4, -0.2) is 45.4 Å². The van der Waals surface area contributed by atoms with Crippen molar-refractivity contribution in [1.82, 2.24) is 16.0 Å². The van der Waals surface area contributed by atoms with Crippen molar-refractivity contribution in [1.29, 1.82) is 0 Å². The maximum atomic E-state index is 13.1. The Morgan fingerprint density at radius 2 is 1.56 bits per heavy atom. The Labute approximate surface area is 229 Å². The van der Waals surface area contributed by atoms with Crippen molar-refractivity contribution in [2.45, 2.75) is 37.1 Å². The van der Waals surface area contributed by atoms with Crippen molar-refractivity contribution in [3.63, 3.8) is 0 Å². The second-order valence-corrected chi connectivity index (χ2v) is 11.7. The average molecular weight is 551 g/mol. The fraction of sp³-hybridized carbons (Fsp3) is 0.310. The first kappa shape index (κ1) is 28.1. The van der Waals surface area contributed by atoms with Crippen molar-refractivity contribution < 1.29 is 22.7 Å². The largest absolute Gasteiger partial charge is 0.455 e. The molecule has 39 heavy (non-hydrogen) atoms. The second-order valence-electron chi connectivity index (χ2n) is 10.0. The predicted octanol–water partition coefficient (Wildman–Crippen LogP) is 3.90. The first-order valence-electron chi connectivity index (χ1n) is 12.9. The molecule has 2 amide bonds. The number of carbonyl (C=O) groups excluding carboxylic acids is 2. The minimum Gasteiger partial charge on any atom is -0.455 e. The SMILES string of the molecule is CC(C)(NC(=O)c1ccc(S(=O)(=O)Nc2ccccc2Oc2ccccc2)cc1)C(=O)NCC1CCNCC1. The van der Waals surface area contributed by atoms with Gasteiger partial charge in [-0.3, -0.25) is 14.3 Å². The molecule has 3 aromatic rings. The van der Waals surface area contributed by atoms with Crippen LogP contribution in [0.2, 0.25) is 0 Å². The Morgan fingerprint density at radius 1 is 0.923 bits per heavy atom. The third-order valence-electron chi connectivity index (χ3n) is 6.53. The van der Waals surface area contributed by atoms with E-state index in [2.05, 4.69) is 20.7 Å². The fourth-order valence-electron chi connectivity index (χ4n) is 4.20. The van der Waals surface area contributed by atoms with Crippen LogP contribution in [0.4, 0.5) is 5.69 Å². The van der Waals surface area contributed by atoms with E-state index in [1.807, 2.05) is 18.2 Å². The van der Waals surface area contributed by atoms with Gasteiger partial charge in [0.15, 0.2) is 5.75 Å². The number of nitrogens with one attached hydrogen (secondary N) is 4. The molecule has 206 valence electrons. The van der Waals surface area contributed by atoms with Crippen LogP contribution in [0.5, 0.6) is 11.5 Å². The Bertz CT molecular complexity index is 1390. The molecular weight excluding hydrogens is 516 g/mol. The minimum atomic E-state index is -3.97. The Morgan fingerprint density at radius 3 is 2.26 bits per heavy atom. The van der Waals surface area contributed by atoms with Crippen molar-refractivity contribution in [2.24, 2.45) is 5.92 Å². The summed E-state index contributed by atoms with van der Waals surface area (Å²) in [5, 5.41) is 8.98. The number of sulfonamides is 1. The molecule has 1 heterocycles. The number of rotatable bonds is 10. The number of benzene rings is 3. The highest BCUT2D eigenvalue weighted by Crippen LogP contribution is 2.31. The van der Waals surface area contributed by atoms with Crippen molar-refractivity contribution in [3.05, 3.63) is 84.4 Å². The van der Waals surface area contributed by atoms with E-state index in [1.54, 1.807) is 50.2 Å².